The van der Waals surface area contributed by atoms with E-state index in [-0.39, 0.29) is 11.3 Å². The molecule has 0 aliphatic carbocycles. The minimum Gasteiger partial charge on any atom is -0.508 e. The molecule has 3 N–H and O–H groups in total. The van der Waals surface area contributed by atoms with E-state index < -0.39 is 11.9 Å². The van der Waals surface area contributed by atoms with Gasteiger partial charge in [-0.3, -0.25) is 9.20 Å². The Bertz CT molecular complexity index is 1210. The summed E-state index contributed by atoms with van der Waals surface area (Å²) < 4.78 is 15.3. The smallest absolute Gasteiger partial charge is 0.263 e. The van der Waals surface area contributed by atoms with Crippen LogP contribution in [-0.2, 0) is 0 Å². The largest absolute Gasteiger partial charge is 0.508 e. The monoisotopic (exact) mass is 374 g/mol. The molecule has 28 heavy (non-hydrogen) atoms. The number of rotatable bonds is 3. The lowest BCUT2D eigenvalue weighted by molar-refractivity contribution is 0.475. The normalized spacial score (nSPS) is 12.2. The topological polar surface area (TPSA) is 67.7 Å². The summed E-state index contributed by atoms with van der Waals surface area (Å²) in [4.78, 5) is 13.3. The number of hydrogen-bond donors (Lipinski definition) is 2. The molecule has 4 aromatic rings. The van der Waals surface area contributed by atoms with Crippen LogP contribution in [0.2, 0.25) is 0 Å². The van der Waals surface area contributed by atoms with Crippen molar-refractivity contribution in [1.29, 1.82) is 0 Å². The van der Waals surface area contributed by atoms with Crippen LogP contribution < -0.4 is 11.3 Å². The molecule has 5 heteroatoms. The summed E-state index contributed by atoms with van der Waals surface area (Å²) in [6.45, 7) is 1.82. The molecule has 140 valence electrons. The van der Waals surface area contributed by atoms with Crippen LogP contribution in [0.4, 0.5) is 4.39 Å². The maximum atomic E-state index is 14.0. The summed E-state index contributed by atoms with van der Waals surface area (Å²) in [5.74, 6) is -0.364. The van der Waals surface area contributed by atoms with Gasteiger partial charge in [0.05, 0.1) is 11.1 Å². The van der Waals surface area contributed by atoms with Crippen LogP contribution in [0.25, 0.3) is 27.8 Å². The molecule has 0 unspecified atom stereocenters. The fourth-order valence-electron chi connectivity index (χ4n) is 3.62. The molecule has 0 aliphatic rings. The highest BCUT2D eigenvalue weighted by Gasteiger charge is 2.23. The van der Waals surface area contributed by atoms with Crippen LogP contribution in [0.5, 0.6) is 5.75 Å². The molecular formula is C23H19FN2O2. The van der Waals surface area contributed by atoms with Gasteiger partial charge < -0.3 is 10.8 Å². The van der Waals surface area contributed by atoms with Gasteiger partial charge in [-0.1, -0.05) is 42.5 Å². The van der Waals surface area contributed by atoms with Crippen LogP contribution in [0.3, 0.4) is 0 Å². The van der Waals surface area contributed by atoms with Crippen LogP contribution in [0, 0.1) is 5.82 Å². The first kappa shape index (κ1) is 17.9. The summed E-state index contributed by atoms with van der Waals surface area (Å²) in [5, 5.41) is 9.68. The van der Waals surface area contributed by atoms with Gasteiger partial charge in [0.1, 0.15) is 11.6 Å². The van der Waals surface area contributed by atoms with Gasteiger partial charge in [0.2, 0.25) is 0 Å². The van der Waals surface area contributed by atoms with E-state index >= 15 is 0 Å². The predicted molar refractivity (Wildman–Crippen MR) is 109 cm³/mol. The lowest BCUT2D eigenvalue weighted by Crippen LogP contribution is -2.23. The van der Waals surface area contributed by atoms with Crippen molar-refractivity contribution in [1.82, 2.24) is 4.40 Å². The number of benzene rings is 2. The molecule has 0 spiro atoms. The van der Waals surface area contributed by atoms with E-state index in [2.05, 4.69) is 0 Å². The highest BCUT2D eigenvalue weighted by molar-refractivity contribution is 5.89. The molecule has 2 heterocycles. The average Bonchev–Trinajstić information content (AvgIpc) is 2.69. The fraction of sp³-hybridized carbons (Fsp3) is 0.0870. The third-order valence-electron chi connectivity index (χ3n) is 4.81. The Kier molecular flexibility index (Phi) is 4.45. The number of aromatic nitrogens is 1. The zero-order chi connectivity index (χ0) is 19.8. The Labute approximate surface area is 161 Å². The molecule has 0 aliphatic heterocycles. The number of pyridine rings is 2. The molecule has 2 aromatic heterocycles. The van der Waals surface area contributed by atoms with Gasteiger partial charge in [0.25, 0.3) is 5.56 Å². The number of aromatic hydroxyl groups is 1. The maximum Gasteiger partial charge on any atom is 0.263 e. The second-order valence-corrected chi connectivity index (χ2v) is 6.77. The van der Waals surface area contributed by atoms with Crippen molar-refractivity contribution < 1.29 is 9.50 Å². The quantitative estimate of drug-likeness (QED) is 0.555. The lowest BCUT2D eigenvalue weighted by Gasteiger charge is -2.21. The Balaban J connectivity index is 2.23. The Morgan fingerprint density at radius 3 is 2.21 bits per heavy atom. The maximum absolute atomic E-state index is 14.0. The first-order chi connectivity index (χ1) is 13.5. The number of phenolic OH excluding ortho intramolecular Hbond substituents is 1. The summed E-state index contributed by atoms with van der Waals surface area (Å²) in [7, 11) is 0. The van der Waals surface area contributed by atoms with E-state index in [1.165, 1.54) is 16.7 Å². The average molecular weight is 374 g/mol. The number of hydrogen-bond acceptors (Lipinski definition) is 3. The summed E-state index contributed by atoms with van der Waals surface area (Å²) >= 11 is 0. The Hall–Kier alpha value is -3.44. The molecule has 0 saturated heterocycles. The van der Waals surface area contributed by atoms with Crippen molar-refractivity contribution >= 4 is 5.52 Å². The molecule has 0 fully saturated rings. The molecular weight excluding hydrogens is 355 g/mol. The van der Waals surface area contributed by atoms with Crippen LogP contribution in [0.1, 0.15) is 18.5 Å². The van der Waals surface area contributed by atoms with E-state index in [9.17, 15) is 14.3 Å². The third kappa shape index (κ3) is 2.96. The van der Waals surface area contributed by atoms with Crippen LogP contribution in [0.15, 0.2) is 77.7 Å². The minimum atomic E-state index is -0.501. The summed E-state index contributed by atoms with van der Waals surface area (Å²) in [6, 6.07) is 18.4. The van der Waals surface area contributed by atoms with Crippen LogP contribution >= 0.6 is 0 Å². The molecule has 1 atom stereocenters. The number of phenols is 1. The zero-order valence-electron chi connectivity index (χ0n) is 15.3. The van der Waals surface area contributed by atoms with Crippen LogP contribution in [-0.4, -0.2) is 9.51 Å². The molecule has 4 nitrogen and oxygen atoms in total. The molecule has 0 saturated carbocycles. The van der Waals surface area contributed by atoms with Gasteiger partial charge in [0, 0.05) is 17.8 Å². The third-order valence-corrected chi connectivity index (χ3v) is 4.81. The number of halogens is 1. The second kappa shape index (κ2) is 6.94. The van der Waals surface area contributed by atoms with E-state index in [0.29, 0.717) is 16.6 Å². The van der Waals surface area contributed by atoms with E-state index in [1.54, 1.807) is 30.3 Å². The highest BCUT2D eigenvalue weighted by Crippen LogP contribution is 2.37. The minimum absolute atomic E-state index is 0.137. The Morgan fingerprint density at radius 2 is 1.57 bits per heavy atom. The number of nitrogens with two attached hydrogens (primary N) is 1. The first-order valence-electron chi connectivity index (χ1n) is 8.95. The van der Waals surface area contributed by atoms with Crippen molar-refractivity contribution in [2.24, 2.45) is 5.73 Å². The van der Waals surface area contributed by atoms with Crippen molar-refractivity contribution in [3.05, 3.63) is 94.7 Å². The fourth-order valence-corrected chi connectivity index (χ4v) is 3.62. The summed E-state index contributed by atoms with van der Waals surface area (Å²) in [5.41, 5.74) is 9.96. The van der Waals surface area contributed by atoms with Gasteiger partial charge in [-0.25, -0.2) is 4.39 Å². The molecule has 0 bridgehead atoms. The summed E-state index contributed by atoms with van der Waals surface area (Å²) in [6.07, 6.45) is 1.19. The molecule has 2 aromatic carbocycles. The van der Waals surface area contributed by atoms with E-state index in [1.807, 2.05) is 37.3 Å². The van der Waals surface area contributed by atoms with Crippen molar-refractivity contribution in [3.63, 3.8) is 0 Å². The molecule has 0 amide bonds. The SMILES string of the molecule is C[C@H](N)c1c(-c2ccccc2)c(=O)n2cc(F)ccc2c1-c1ccc(O)cc1. The van der Waals surface area contributed by atoms with Gasteiger partial charge >= 0.3 is 0 Å². The lowest BCUT2D eigenvalue weighted by atomic mass is 9.88. The van der Waals surface area contributed by atoms with Crippen molar-refractivity contribution in [2.75, 3.05) is 0 Å². The van der Waals surface area contributed by atoms with Crippen molar-refractivity contribution in [3.8, 4) is 28.0 Å². The predicted octanol–water partition coefficient (Wildman–Crippen LogP) is 4.50. The van der Waals surface area contributed by atoms with Gasteiger partial charge in [-0.05, 0) is 47.9 Å². The second-order valence-electron chi connectivity index (χ2n) is 6.77. The zero-order valence-corrected chi connectivity index (χ0v) is 15.3. The van der Waals surface area contributed by atoms with Gasteiger partial charge in [-0.2, -0.15) is 0 Å². The Morgan fingerprint density at radius 1 is 0.929 bits per heavy atom. The first-order valence-corrected chi connectivity index (χ1v) is 8.95. The molecule has 0 radical (unpaired) electrons. The standard InChI is InChI=1S/C23H19FN2O2/c1-14(25)20-21(16-7-10-18(27)11-8-16)19-12-9-17(24)13-26(19)23(28)22(20)15-5-3-2-4-6-15/h2-14,27H,25H2,1H3/t14-/m0/s1. The van der Waals surface area contributed by atoms with E-state index in [0.717, 1.165) is 16.7 Å². The number of nitrogens with zero attached hydrogens (tertiary/aromatic N) is 1. The van der Waals surface area contributed by atoms with Gasteiger partial charge in [-0.15, -0.1) is 0 Å². The molecule has 4 rings (SSSR count). The number of fused-ring (bicyclic) bond motifs is 1. The van der Waals surface area contributed by atoms with Crippen molar-refractivity contribution in [2.45, 2.75) is 13.0 Å². The van der Waals surface area contributed by atoms with E-state index in [4.69, 9.17) is 5.73 Å². The van der Waals surface area contributed by atoms with Gasteiger partial charge in [0.15, 0.2) is 0 Å². The highest BCUT2D eigenvalue weighted by atomic mass is 19.1.